The minimum atomic E-state index is -0.242. The second-order valence-corrected chi connectivity index (χ2v) is 8.43. The van der Waals surface area contributed by atoms with Crippen LogP contribution in [0.15, 0.2) is 48.2 Å². The Morgan fingerprint density at radius 3 is 2.68 bits per heavy atom. The molecule has 1 fully saturated rings. The third-order valence-electron chi connectivity index (χ3n) is 6.20. The number of benzene rings is 1. The fourth-order valence-electron chi connectivity index (χ4n) is 4.71. The number of fused-ring (bicyclic) bond motifs is 1. The second-order valence-electron chi connectivity index (χ2n) is 8.43. The van der Waals surface area contributed by atoms with Gasteiger partial charge in [-0.15, -0.1) is 0 Å². The zero-order chi connectivity index (χ0) is 21.2. The van der Waals surface area contributed by atoms with Gasteiger partial charge in [0.1, 0.15) is 11.6 Å². The highest BCUT2D eigenvalue weighted by molar-refractivity contribution is 5.78. The summed E-state index contributed by atoms with van der Waals surface area (Å²) in [4.78, 5) is 14.2. The number of aromatic nitrogens is 4. The summed E-state index contributed by atoms with van der Waals surface area (Å²) in [5.74, 6) is 1.47. The first-order chi connectivity index (χ1) is 15.2. The Morgan fingerprint density at radius 1 is 1.10 bits per heavy atom. The number of nitrogens with zero attached hydrogens (tertiary/aromatic N) is 4. The lowest BCUT2D eigenvalue weighted by Crippen LogP contribution is -2.08. The Hall–Kier alpha value is -3.02. The molecule has 3 heterocycles. The maximum Gasteiger partial charge on any atom is 0.223 e. The smallest absolute Gasteiger partial charge is 0.223 e. The van der Waals surface area contributed by atoms with E-state index in [-0.39, 0.29) is 5.82 Å². The van der Waals surface area contributed by atoms with Crippen molar-refractivity contribution in [1.82, 2.24) is 19.5 Å². The quantitative estimate of drug-likeness (QED) is 0.503. The van der Waals surface area contributed by atoms with Crippen molar-refractivity contribution in [2.45, 2.75) is 57.9 Å². The average molecular weight is 418 g/mol. The lowest BCUT2D eigenvalue weighted by atomic mass is 10.1. The zero-order valence-corrected chi connectivity index (χ0v) is 17.9. The average Bonchev–Trinajstić information content (AvgIpc) is 3.51. The lowest BCUT2D eigenvalue weighted by molar-refractivity contribution is 0.628. The zero-order valence-electron chi connectivity index (χ0n) is 17.9. The van der Waals surface area contributed by atoms with Crippen LogP contribution in [-0.2, 0) is 6.42 Å². The van der Waals surface area contributed by atoms with Crippen molar-refractivity contribution >= 4 is 5.95 Å². The molecule has 0 radical (unpaired) electrons. The van der Waals surface area contributed by atoms with Crippen LogP contribution in [0.25, 0.3) is 22.6 Å². The molecule has 0 bridgehead atoms. The highest BCUT2D eigenvalue weighted by Gasteiger charge is 2.30. The van der Waals surface area contributed by atoms with Crippen LogP contribution in [0.1, 0.15) is 57.3 Å². The number of anilines is 1. The molecule has 1 N–H and O–H groups in total. The van der Waals surface area contributed by atoms with E-state index in [1.807, 2.05) is 6.07 Å². The van der Waals surface area contributed by atoms with Crippen molar-refractivity contribution in [3.63, 3.8) is 0 Å². The Balaban J connectivity index is 1.64. The van der Waals surface area contributed by atoms with Crippen molar-refractivity contribution in [3.05, 3.63) is 59.8 Å². The van der Waals surface area contributed by atoms with E-state index in [0.29, 0.717) is 12.0 Å². The fourth-order valence-corrected chi connectivity index (χ4v) is 4.71. The van der Waals surface area contributed by atoms with Crippen LogP contribution in [0, 0.1) is 5.82 Å². The number of rotatable bonds is 6. The number of allylic oxidation sites excluding steroid dienone is 2. The van der Waals surface area contributed by atoms with E-state index in [1.165, 1.54) is 37.8 Å². The summed E-state index contributed by atoms with van der Waals surface area (Å²) < 4.78 is 15.9. The Labute approximate surface area is 182 Å². The van der Waals surface area contributed by atoms with Gasteiger partial charge in [-0.25, -0.2) is 19.3 Å². The summed E-state index contributed by atoms with van der Waals surface area (Å²) in [5.41, 5.74) is 5.19. The number of imidazole rings is 1. The number of aryl methyl sites for hydroxylation is 1. The first-order valence-electron chi connectivity index (χ1n) is 11.4. The van der Waals surface area contributed by atoms with Gasteiger partial charge in [0.25, 0.3) is 0 Å². The SMILES string of the molecule is CCCNc1nccc(-c2c(-c3ccc(F)cc3)nc3n2C(C=C2CCCC2)CC3)n1. The molecule has 5 rings (SSSR count). The third-order valence-corrected chi connectivity index (χ3v) is 6.20. The van der Waals surface area contributed by atoms with Gasteiger partial charge in [-0.3, -0.25) is 0 Å². The number of nitrogens with one attached hydrogen (secondary N) is 1. The van der Waals surface area contributed by atoms with Crippen molar-refractivity contribution in [1.29, 1.82) is 0 Å². The highest BCUT2D eigenvalue weighted by atomic mass is 19.1. The molecule has 6 heteroatoms. The molecule has 1 saturated carbocycles. The highest BCUT2D eigenvalue weighted by Crippen LogP contribution is 2.41. The van der Waals surface area contributed by atoms with Crippen LogP contribution in [0.5, 0.6) is 0 Å². The second kappa shape index (κ2) is 8.61. The normalized spacial score (nSPS) is 17.7. The molecule has 2 aromatic heterocycles. The van der Waals surface area contributed by atoms with Gasteiger partial charge in [0.15, 0.2) is 0 Å². The Kier molecular flexibility index (Phi) is 5.53. The first-order valence-corrected chi connectivity index (χ1v) is 11.4. The van der Waals surface area contributed by atoms with Crippen LogP contribution < -0.4 is 5.32 Å². The van der Waals surface area contributed by atoms with Gasteiger partial charge in [0.2, 0.25) is 5.95 Å². The molecular weight excluding hydrogens is 389 g/mol. The van der Waals surface area contributed by atoms with Gasteiger partial charge in [-0.2, -0.15) is 0 Å². The van der Waals surface area contributed by atoms with E-state index < -0.39 is 0 Å². The summed E-state index contributed by atoms with van der Waals surface area (Å²) in [6.07, 6.45) is 12.3. The molecule has 3 aromatic rings. The molecule has 1 aromatic carbocycles. The van der Waals surface area contributed by atoms with Gasteiger partial charge in [-0.1, -0.05) is 18.6 Å². The maximum atomic E-state index is 13.6. The van der Waals surface area contributed by atoms with Crippen LogP contribution in [0.2, 0.25) is 0 Å². The lowest BCUT2D eigenvalue weighted by Gasteiger charge is -2.16. The molecule has 160 valence electrons. The topological polar surface area (TPSA) is 55.6 Å². The summed E-state index contributed by atoms with van der Waals surface area (Å²) in [7, 11) is 0. The van der Waals surface area contributed by atoms with Gasteiger partial charge in [0, 0.05) is 24.7 Å². The fraction of sp³-hybridized carbons (Fsp3) is 0.400. The molecular formula is C25H28FN5. The van der Waals surface area contributed by atoms with Crippen molar-refractivity contribution in [2.75, 3.05) is 11.9 Å². The summed E-state index contributed by atoms with van der Waals surface area (Å²) in [6, 6.07) is 8.84. The number of hydrogen-bond donors (Lipinski definition) is 1. The summed E-state index contributed by atoms with van der Waals surface area (Å²) in [5, 5.41) is 3.29. The Bertz CT molecular complexity index is 1090. The molecule has 0 amide bonds. The summed E-state index contributed by atoms with van der Waals surface area (Å²) in [6.45, 7) is 2.95. The standard InChI is InChI=1S/C25H28FN5/c1-2-14-27-25-28-15-13-21(29-25)24-23(18-7-9-19(26)10-8-18)30-22-12-11-20(31(22)24)16-17-5-3-4-6-17/h7-10,13,15-16,20H,2-6,11-12,14H2,1H3,(H,27,28,29). The van der Waals surface area contributed by atoms with Gasteiger partial charge in [-0.05, 0) is 68.9 Å². The van der Waals surface area contributed by atoms with E-state index in [2.05, 4.69) is 27.9 Å². The molecule has 0 spiro atoms. The number of hydrogen-bond acceptors (Lipinski definition) is 4. The largest absolute Gasteiger partial charge is 0.354 e. The third kappa shape index (κ3) is 3.99. The molecule has 2 aliphatic rings. The summed E-state index contributed by atoms with van der Waals surface area (Å²) >= 11 is 0. The molecule has 1 aliphatic carbocycles. The monoisotopic (exact) mass is 417 g/mol. The molecule has 5 nitrogen and oxygen atoms in total. The molecule has 1 atom stereocenters. The maximum absolute atomic E-state index is 13.6. The first kappa shape index (κ1) is 19.9. The molecule has 1 unspecified atom stereocenters. The van der Waals surface area contributed by atoms with Crippen molar-refractivity contribution in [3.8, 4) is 22.6 Å². The molecule has 31 heavy (non-hydrogen) atoms. The van der Waals surface area contributed by atoms with E-state index in [0.717, 1.165) is 54.3 Å². The van der Waals surface area contributed by atoms with Crippen LogP contribution in [-0.4, -0.2) is 26.1 Å². The van der Waals surface area contributed by atoms with E-state index in [4.69, 9.17) is 9.97 Å². The van der Waals surface area contributed by atoms with Crippen molar-refractivity contribution < 1.29 is 4.39 Å². The van der Waals surface area contributed by atoms with Gasteiger partial charge < -0.3 is 9.88 Å². The Morgan fingerprint density at radius 2 is 1.90 bits per heavy atom. The van der Waals surface area contributed by atoms with Crippen LogP contribution in [0.3, 0.4) is 0 Å². The number of halogens is 1. The van der Waals surface area contributed by atoms with E-state index in [9.17, 15) is 4.39 Å². The van der Waals surface area contributed by atoms with Crippen LogP contribution in [0.4, 0.5) is 10.3 Å². The minimum absolute atomic E-state index is 0.242. The van der Waals surface area contributed by atoms with Crippen LogP contribution >= 0.6 is 0 Å². The molecule has 1 aliphatic heterocycles. The minimum Gasteiger partial charge on any atom is -0.354 e. The predicted octanol–water partition coefficient (Wildman–Crippen LogP) is 5.96. The predicted molar refractivity (Wildman–Crippen MR) is 121 cm³/mol. The van der Waals surface area contributed by atoms with E-state index in [1.54, 1.807) is 23.9 Å². The van der Waals surface area contributed by atoms with Gasteiger partial charge >= 0.3 is 0 Å². The van der Waals surface area contributed by atoms with E-state index >= 15 is 0 Å². The molecule has 0 saturated heterocycles. The van der Waals surface area contributed by atoms with Crippen molar-refractivity contribution in [2.24, 2.45) is 0 Å². The van der Waals surface area contributed by atoms with Gasteiger partial charge in [0.05, 0.1) is 23.1 Å².